The first-order valence-electron chi connectivity index (χ1n) is 21.5. The predicted molar refractivity (Wildman–Crippen MR) is 263 cm³/mol. The van der Waals surface area contributed by atoms with Crippen molar-refractivity contribution in [1.82, 2.24) is 19.1 Å². The Kier molecular flexibility index (Phi) is 8.81. The molecule has 5 nitrogen and oxygen atoms in total. The number of nitrogens with zero attached hydrogens (tertiary/aromatic N) is 5. The molecule has 0 spiro atoms. The van der Waals surface area contributed by atoms with Crippen LogP contribution in [-0.4, -0.2) is 19.1 Å². The molecule has 298 valence electrons. The van der Waals surface area contributed by atoms with Gasteiger partial charge in [0.05, 0.1) is 39.1 Å². The van der Waals surface area contributed by atoms with Crippen LogP contribution in [0.3, 0.4) is 0 Å². The quantitative estimate of drug-likeness (QED) is 0.161. The first kappa shape index (κ1) is 37.0. The first-order chi connectivity index (χ1) is 31.7. The van der Waals surface area contributed by atoms with Crippen LogP contribution in [0.15, 0.2) is 224 Å². The van der Waals surface area contributed by atoms with Crippen molar-refractivity contribution in [3.05, 3.63) is 230 Å². The zero-order valence-corrected chi connectivity index (χ0v) is 34.6. The van der Waals surface area contributed by atoms with Crippen molar-refractivity contribution in [3.8, 4) is 73.6 Å². The first-order valence-corrected chi connectivity index (χ1v) is 21.5. The number of para-hydroxylation sites is 3. The van der Waals surface area contributed by atoms with Gasteiger partial charge in [-0.1, -0.05) is 176 Å². The van der Waals surface area contributed by atoms with E-state index < -0.39 is 0 Å². The average Bonchev–Trinajstić information content (AvgIpc) is 3.89. The molecule has 0 bridgehead atoms. The van der Waals surface area contributed by atoms with Crippen LogP contribution in [0.4, 0.5) is 0 Å². The van der Waals surface area contributed by atoms with E-state index in [1.807, 2.05) is 66.7 Å². The number of rotatable bonds is 7. The molecule has 12 rings (SSSR count). The zero-order valence-electron chi connectivity index (χ0n) is 34.6. The van der Waals surface area contributed by atoms with Gasteiger partial charge in [-0.3, -0.25) is 0 Å². The molecule has 0 atom stereocenters. The van der Waals surface area contributed by atoms with Crippen molar-refractivity contribution in [3.63, 3.8) is 0 Å². The second kappa shape index (κ2) is 15.3. The molecule has 3 heterocycles. The van der Waals surface area contributed by atoms with E-state index in [9.17, 15) is 5.26 Å². The molecule has 0 N–H and O–H groups in total. The Labute approximate surface area is 370 Å². The van der Waals surface area contributed by atoms with E-state index in [4.69, 9.17) is 9.97 Å². The molecular formula is C59H37N5. The van der Waals surface area contributed by atoms with Gasteiger partial charge in [0, 0.05) is 49.5 Å². The summed E-state index contributed by atoms with van der Waals surface area (Å²) in [6.45, 7) is 0. The molecule has 5 heteroatoms. The van der Waals surface area contributed by atoms with E-state index in [2.05, 4.69) is 173 Å². The molecule has 0 amide bonds. The third-order valence-electron chi connectivity index (χ3n) is 12.4. The summed E-state index contributed by atoms with van der Waals surface area (Å²) in [7, 11) is 0. The molecule has 0 aliphatic rings. The van der Waals surface area contributed by atoms with E-state index in [1.54, 1.807) is 0 Å². The third kappa shape index (κ3) is 6.00. The highest BCUT2D eigenvalue weighted by atomic mass is 15.0. The molecule has 0 saturated carbocycles. The Morgan fingerprint density at radius 1 is 0.344 bits per heavy atom. The Bertz CT molecular complexity index is 3650. The molecule has 0 radical (unpaired) electrons. The van der Waals surface area contributed by atoms with Gasteiger partial charge in [-0.2, -0.15) is 5.26 Å². The van der Waals surface area contributed by atoms with E-state index in [0.29, 0.717) is 22.8 Å². The molecule has 0 fully saturated rings. The maximum Gasteiger partial charge on any atom is 0.162 e. The summed E-state index contributed by atoms with van der Waals surface area (Å²) in [5.41, 5.74) is 14.8. The van der Waals surface area contributed by atoms with Crippen molar-refractivity contribution in [1.29, 1.82) is 5.26 Å². The number of fused-ring (bicyclic) bond motifs is 6. The maximum absolute atomic E-state index is 10.9. The number of nitriles is 1. The highest BCUT2D eigenvalue weighted by Gasteiger charge is 2.26. The Balaban J connectivity index is 1.22. The van der Waals surface area contributed by atoms with Gasteiger partial charge in [0.15, 0.2) is 5.82 Å². The fourth-order valence-electron chi connectivity index (χ4n) is 9.52. The topological polar surface area (TPSA) is 59.4 Å². The van der Waals surface area contributed by atoms with Gasteiger partial charge in [0.25, 0.3) is 0 Å². The van der Waals surface area contributed by atoms with Crippen molar-refractivity contribution in [2.45, 2.75) is 0 Å². The number of aromatic nitrogens is 4. The van der Waals surface area contributed by atoms with E-state index in [1.165, 1.54) is 21.8 Å². The van der Waals surface area contributed by atoms with Gasteiger partial charge in [-0.25, -0.2) is 9.97 Å². The summed E-state index contributed by atoms with van der Waals surface area (Å²) < 4.78 is 4.78. The summed E-state index contributed by atoms with van der Waals surface area (Å²) in [5.74, 6) is 0.523. The predicted octanol–water partition coefficient (Wildman–Crippen LogP) is 14.9. The average molecular weight is 816 g/mol. The minimum atomic E-state index is 0.430. The van der Waals surface area contributed by atoms with Crippen LogP contribution >= 0.6 is 0 Å². The zero-order chi connectivity index (χ0) is 42.6. The summed E-state index contributed by atoms with van der Waals surface area (Å²) in [5, 5.41) is 15.6. The smallest absolute Gasteiger partial charge is 0.162 e. The molecule has 3 aromatic heterocycles. The Hall–Kier alpha value is -8.85. The van der Waals surface area contributed by atoms with Gasteiger partial charge in [0.1, 0.15) is 11.6 Å². The fourth-order valence-corrected chi connectivity index (χ4v) is 9.52. The summed E-state index contributed by atoms with van der Waals surface area (Å²) in [6.07, 6.45) is 0. The molecule has 64 heavy (non-hydrogen) atoms. The van der Waals surface area contributed by atoms with Crippen LogP contribution in [0, 0.1) is 11.3 Å². The number of benzene rings is 9. The van der Waals surface area contributed by atoms with Crippen LogP contribution in [0.1, 0.15) is 5.56 Å². The Morgan fingerprint density at radius 2 is 0.766 bits per heavy atom. The molecule has 0 aliphatic carbocycles. The molecule has 0 saturated heterocycles. The highest BCUT2D eigenvalue weighted by molar-refractivity contribution is 6.13. The van der Waals surface area contributed by atoms with Crippen LogP contribution in [0.2, 0.25) is 0 Å². The second-order valence-corrected chi connectivity index (χ2v) is 16.0. The van der Waals surface area contributed by atoms with Gasteiger partial charge >= 0.3 is 0 Å². The molecule has 0 aliphatic heterocycles. The van der Waals surface area contributed by atoms with Crippen molar-refractivity contribution >= 4 is 43.6 Å². The minimum absolute atomic E-state index is 0.430. The minimum Gasteiger partial charge on any atom is -0.309 e. The van der Waals surface area contributed by atoms with Crippen LogP contribution < -0.4 is 0 Å². The lowest BCUT2D eigenvalue weighted by molar-refractivity contribution is 1.13. The number of hydrogen-bond donors (Lipinski definition) is 0. The summed E-state index contributed by atoms with van der Waals surface area (Å²) in [4.78, 5) is 10.9. The maximum atomic E-state index is 10.9. The third-order valence-corrected chi connectivity index (χ3v) is 12.4. The lowest BCUT2D eigenvalue weighted by Crippen LogP contribution is -2.06. The van der Waals surface area contributed by atoms with Crippen LogP contribution in [0.5, 0.6) is 0 Å². The van der Waals surface area contributed by atoms with E-state index in [0.717, 1.165) is 72.1 Å². The fraction of sp³-hybridized carbons (Fsp3) is 0. The summed E-state index contributed by atoms with van der Waals surface area (Å²) in [6, 6.07) is 80.9. The molecule has 9 aromatic carbocycles. The lowest BCUT2D eigenvalue weighted by atomic mass is 9.92. The molecule has 0 unspecified atom stereocenters. The van der Waals surface area contributed by atoms with Crippen LogP contribution in [-0.2, 0) is 0 Å². The van der Waals surface area contributed by atoms with E-state index in [-0.39, 0.29) is 0 Å². The van der Waals surface area contributed by atoms with Gasteiger partial charge < -0.3 is 9.13 Å². The van der Waals surface area contributed by atoms with E-state index >= 15 is 0 Å². The van der Waals surface area contributed by atoms with Crippen molar-refractivity contribution in [2.75, 3.05) is 0 Å². The van der Waals surface area contributed by atoms with Gasteiger partial charge in [0.2, 0.25) is 0 Å². The summed E-state index contributed by atoms with van der Waals surface area (Å²) >= 11 is 0. The highest BCUT2D eigenvalue weighted by Crippen LogP contribution is 2.45. The Morgan fingerprint density at radius 3 is 1.30 bits per heavy atom. The van der Waals surface area contributed by atoms with Crippen molar-refractivity contribution in [2.24, 2.45) is 0 Å². The SMILES string of the molecule is N#Cc1c(-c2ccccc2)nc(-c2cc(-c3ccccc3)cc(-c3ccccc3)c2-n2c3ccccc3c3cc(-n4c5ccccc5c5ccccc54)ccc32)nc1-c1ccccc1. The largest absolute Gasteiger partial charge is 0.309 e. The van der Waals surface area contributed by atoms with Gasteiger partial charge in [-0.05, 0) is 65.2 Å². The van der Waals surface area contributed by atoms with Crippen LogP contribution in [0.25, 0.3) is 111 Å². The molecular weight excluding hydrogens is 779 g/mol. The monoisotopic (exact) mass is 815 g/mol. The number of hydrogen-bond acceptors (Lipinski definition) is 3. The lowest BCUT2D eigenvalue weighted by Gasteiger charge is -2.21. The molecule has 12 aromatic rings. The van der Waals surface area contributed by atoms with Gasteiger partial charge in [-0.15, -0.1) is 0 Å². The van der Waals surface area contributed by atoms with Crippen molar-refractivity contribution < 1.29 is 0 Å². The second-order valence-electron chi connectivity index (χ2n) is 16.0. The standard InChI is InChI=1S/C59H37N5/c60-38-51-56(41-23-9-3-10-24-41)61-59(62-57(51)42-25-11-4-12-26-42)50-36-43(39-19-5-1-6-20-39)35-48(40-21-7-2-8-22-40)58(50)64-54-32-18-15-29-47(54)49-37-44(33-34-55(49)64)63-52-30-16-13-27-45(52)46-28-14-17-31-53(46)63/h1-37H. The normalized spacial score (nSPS) is 11.4.